The quantitative estimate of drug-likeness (QED) is 0.0523. The summed E-state index contributed by atoms with van der Waals surface area (Å²) >= 11 is 7.84. The zero-order valence-corrected chi connectivity index (χ0v) is 38.1. The fourth-order valence-electron chi connectivity index (χ4n) is 7.70. The molecule has 2 saturated heterocycles. The second kappa shape index (κ2) is 24.4. The Hall–Kier alpha value is -4.21. The van der Waals surface area contributed by atoms with Gasteiger partial charge < -0.3 is 25.2 Å². The number of carbonyl (C=O) groups excluding carboxylic acids is 2. The minimum Gasteiger partial charge on any atom is -0.390 e. The fourth-order valence-corrected chi connectivity index (χ4v) is 8.77. The van der Waals surface area contributed by atoms with Gasteiger partial charge in [-0.05, 0) is 92.9 Å². The van der Waals surface area contributed by atoms with Crippen molar-refractivity contribution in [1.29, 1.82) is 0 Å². The van der Waals surface area contributed by atoms with Gasteiger partial charge in [-0.2, -0.15) is 18.3 Å². The van der Waals surface area contributed by atoms with E-state index in [1.807, 2.05) is 49.1 Å². The Kier molecular flexibility index (Phi) is 19.8. The summed E-state index contributed by atoms with van der Waals surface area (Å²) in [6, 6.07) is 10.6. The van der Waals surface area contributed by atoms with Crippen LogP contribution in [-0.2, 0) is 11.0 Å². The third-order valence-corrected chi connectivity index (χ3v) is 12.7. The number of hydrogen-bond donors (Lipinski definition) is 3. The standard InChI is InChI=1S/C33H41ClF3N7O2S.C12H24N2/c1-5-9-23(40-29-15-12-22(20-26(29)34)33(35,36)37)21-44(39-4)32(46)30(27(6-2)38-3)42-16-18-43(19-17-42)31(45)25-10-7-8-11-28(25)41-47-24-13-14-24;1-4-6-7-12-9-14(10-13-3)8-11(12)5-2/h7-12,15,20,24,38,40-41H,4-6,13-14,16-19,21H2,1-3H3;11-12H,3-10H2,1-2H3/b23-9+,30-27+;. The van der Waals surface area contributed by atoms with Gasteiger partial charge in [0.15, 0.2) is 0 Å². The molecule has 2 unspecified atom stereocenters. The number of rotatable bonds is 20. The molecule has 5 rings (SSSR count). The van der Waals surface area contributed by atoms with Gasteiger partial charge in [-0.1, -0.05) is 76.8 Å². The molecule has 0 radical (unpaired) electrons. The predicted molar refractivity (Wildman–Crippen MR) is 247 cm³/mol. The number of halogens is 4. The van der Waals surface area contributed by atoms with Gasteiger partial charge in [-0.25, -0.2) is 5.01 Å². The predicted octanol–water partition coefficient (Wildman–Crippen LogP) is 9.82. The van der Waals surface area contributed by atoms with Crippen LogP contribution in [0.5, 0.6) is 0 Å². The highest BCUT2D eigenvalue weighted by Crippen LogP contribution is 2.36. The number of amides is 2. The Labute approximate surface area is 370 Å². The number of piperazine rings is 1. The molecule has 0 bridgehead atoms. The van der Waals surface area contributed by atoms with Crippen LogP contribution in [0.1, 0.15) is 95.0 Å². The lowest BCUT2D eigenvalue weighted by molar-refractivity contribution is -0.137. The van der Waals surface area contributed by atoms with Crippen molar-refractivity contribution in [2.45, 2.75) is 90.5 Å². The van der Waals surface area contributed by atoms with Crippen LogP contribution in [0.15, 0.2) is 75.7 Å². The number of benzene rings is 2. The van der Waals surface area contributed by atoms with E-state index >= 15 is 0 Å². The first kappa shape index (κ1) is 49.4. The van der Waals surface area contributed by atoms with Gasteiger partial charge in [0.25, 0.3) is 11.8 Å². The third-order valence-electron chi connectivity index (χ3n) is 11.2. The molecular weight excluding hydrogens is 823 g/mol. The number of carbonyl (C=O) groups is 2. The van der Waals surface area contributed by atoms with E-state index in [2.05, 4.69) is 57.6 Å². The summed E-state index contributed by atoms with van der Waals surface area (Å²) in [5.41, 5.74) is 2.45. The van der Waals surface area contributed by atoms with Crippen molar-refractivity contribution in [1.82, 2.24) is 25.0 Å². The van der Waals surface area contributed by atoms with Crippen LogP contribution in [-0.4, -0.2) is 110 Å². The van der Waals surface area contributed by atoms with Crippen molar-refractivity contribution in [3.05, 3.63) is 81.8 Å². The Balaban J connectivity index is 0.000000495. The van der Waals surface area contributed by atoms with Crippen molar-refractivity contribution in [2.75, 3.05) is 69.6 Å². The van der Waals surface area contributed by atoms with Crippen LogP contribution in [0.3, 0.4) is 0 Å². The van der Waals surface area contributed by atoms with E-state index in [0.29, 0.717) is 66.9 Å². The van der Waals surface area contributed by atoms with E-state index in [4.69, 9.17) is 11.6 Å². The summed E-state index contributed by atoms with van der Waals surface area (Å²) < 4.78 is 42.8. The average Bonchev–Trinajstić information content (AvgIpc) is 4.01. The number of hydrazone groups is 1. The second-order valence-corrected chi connectivity index (χ2v) is 17.1. The number of anilines is 2. The first-order chi connectivity index (χ1) is 29.3. The van der Waals surface area contributed by atoms with Gasteiger partial charge in [-0.15, -0.1) is 0 Å². The largest absolute Gasteiger partial charge is 0.416 e. The molecule has 2 heterocycles. The number of allylic oxidation sites excluding steroid dienone is 2. The first-order valence-corrected chi connectivity index (χ1v) is 22.8. The first-order valence-electron chi connectivity index (χ1n) is 21.5. The Bertz CT molecular complexity index is 1830. The molecule has 3 aliphatic rings. The SMILES string of the molecule is C=NCN1CC(CC)C(CCCC)C1.C=NN(C/C(=C\CC)Nc1ccc(C(F)(F)F)cc1Cl)C(=O)/C(=C(/CC)NC)N1CCN(C(=O)c2ccccc2NSC2CC2)CC1. The number of alkyl halides is 3. The normalized spacial score (nSPS) is 18.7. The third kappa shape index (κ3) is 14.4. The monoisotopic (exact) mass is 887 g/mol. The number of nitrogens with one attached hydrogen (secondary N) is 3. The molecular formula is C45H65ClF3N9O2S. The van der Waals surface area contributed by atoms with Crippen molar-refractivity contribution in [2.24, 2.45) is 21.9 Å². The lowest BCUT2D eigenvalue weighted by atomic mass is 9.89. The van der Waals surface area contributed by atoms with Gasteiger partial charge in [-0.3, -0.25) is 19.5 Å². The van der Waals surface area contributed by atoms with E-state index in [9.17, 15) is 22.8 Å². The van der Waals surface area contributed by atoms with Crippen molar-refractivity contribution < 1.29 is 22.8 Å². The summed E-state index contributed by atoms with van der Waals surface area (Å²) in [7, 11) is 1.75. The summed E-state index contributed by atoms with van der Waals surface area (Å²) in [4.78, 5) is 37.9. The number of para-hydroxylation sites is 1. The van der Waals surface area contributed by atoms with Crippen molar-refractivity contribution in [3.8, 4) is 0 Å². The Morgan fingerprint density at radius 3 is 2.25 bits per heavy atom. The molecule has 0 spiro atoms. The number of nitrogens with zero attached hydrogens (tertiary/aromatic N) is 6. The highest BCUT2D eigenvalue weighted by atomic mass is 35.5. The van der Waals surface area contributed by atoms with Gasteiger partial charge in [0.1, 0.15) is 5.70 Å². The van der Waals surface area contributed by atoms with E-state index in [-0.39, 0.29) is 23.2 Å². The molecule has 3 fully saturated rings. The number of hydrogen-bond acceptors (Lipinski definition) is 10. The van der Waals surface area contributed by atoms with Gasteiger partial charge in [0.2, 0.25) is 0 Å². The lowest BCUT2D eigenvalue weighted by Gasteiger charge is -2.38. The van der Waals surface area contributed by atoms with Gasteiger partial charge in [0, 0.05) is 69.7 Å². The zero-order valence-electron chi connectivity index (χ0n) is 36.5. The highest BCUT2D eigenvalue weighted by molar-refractivity contribution is 8.01. The molecule has 2 aromatic rings. The van der Waals surface area contributed by atoms with E-state index < -0.39 is 17.6 Å². The minimum atomic E-state index is -4.53. The molecule has 1 aliphatic carbocycles. The van der Waals surface area contributed by atoms with Gasteiger partial charge in [0.05, 0.1) is 40.7 Å². The molecule has 0 aromatic heterocycles. The fraction of sp³-hybridized carbons (Fsp3) is 0.556. The summed E-state index contributed by atoms with van der Waals surface area (Å²) in [5.74, 6) is 1.35. The smallest absolute Gasteiger partial charge is 0.390 e. The van der Waals surface area contributed by atoms with Crippen LogP contribution in [0.25, 0.3) is 0 Å². The molecule has 2 amide bonds. The van der Waals surface area contributed by atoms with Crippen LogP contribution in [0.4, 0.5) is 24.5 Å². The summed E-state index contributed by atoms with van der Waals surface area (Å²) in [5, 5.41) is 11.9. The molecule has 11 nitrogen and oxygen atoms in total. The number of likely N-dealkylation sites (tertiary alicyclic amines) is 1. The Morgan fingerprint density at radius 1 is 0.984 bits per heavy atom. The van der Waals surface area contributed by atoms with Crippen LogP contribution in [0.2, 0.25) is 5.02 Å². The number of unbranched alkanes of at least 4 members (excludes halogenated alkanes) is 1. The maximum Gasteiger partial charge on any atom is 0.416 e. The second-order valence-electron chi connectivity index (χ2n) is 15.6. The highest BCUT2D eigenvalue weighted by Gasteiger charge is 2.34. The topological polar surface area (TPSA) is 108 Å². The van der Waals surface area contributed by atoms with E-state index in [1.165, 1.54) is 62.7 Å². The maximum atomic E-state index is 14.1. The minimum absolute atomic E-state index is 0.0289. The van der Waals surface area contributed by atoms with E-state index in [0.717, 1.165) is 36.3 Å². The maximum absolute atomic E-state index is 14.1. The molecule has 1 saturated carbocycles. The Morgan fingerprint density at radius 2 is 1.67 bits per heavy atom. The van der Waals surface area contributed by atoms with Gasteiger partial charge >= 0.3 is 6.18 Å². The molecule has 61 heavy (non-hydrogen) atoms. The lowest BCUT2D eigenvalue weighted by Crippen LogP contribution is -2.51. The molecule has 16 heteroatoms. The average molecular weight is 889 g/mol. The molecule has 2 atom stereocenters. The zero-order chi connectivity index (χ0) is 44.5. The van der Waals surface area contributed by atoms with Crippen LogP contribution in [0, 0.1) is 11.8 Å². The van der Waals surface area contributed by atoms with Crippen LogP contribution >= 0.6 is 23.5 Å². The van der Waals surface area contributed by atoms with Crippen LogP contribution < -0.4 is 15.4 Å². The molecule has 2 aliphatic heterocycles. The van der Waals surface area contributed by atoms with Crippen molar-refractivity contribution >= 4 is 60.2 Å². The van der Waals surface area contributed by atoms with E-state index in [1.54, 1.807) is 23.9 Å². The number of aliphatic imine (C=N–C) groups is 1. The molecule has 3 N–H and O–H groups in total. The summed E-state index contributed by atoms with van der Waals surface area (Å²) in [6.07, 6.45) is 6.19. The molecule has 336 valence electrons. The van der Waals surface area contributed by atoms with Crippen molar-refractivity contribution in [3.63, 3.8) is 0 Å². The molecule has 2 aromatic carbocycles. The summed E-state index contributed by atoms with van der Waals surface area (Å²) in [6.45, 7) is 20.6.